The molecule has 2 aliphatic rings. The monoisotopic (exact) mass is 161 g/mol. The molecule has 2 unspecified atom stereocenters. The van der Waals surface area contributed by atoms with Crippen LogP contribution in [0, 0.1) is 11.8 Å². The van der Waals surface area contributed by atoms with Crippen molar-refractivity contribution >= 4 is 9.84 Å². The van der Waals surface area contributed by atoms with E-state index in [1.165, 1.54) is 0 Å². The van der Waals surface area contributed by atoms with E-state index in [2.05, 4.69) is 0 Å². The van der Waals surface area contributed by atoms with Gasteiger partial charge in [0, 0.05) is 6.54 Å². The van der Waals surface area contributed by atoms with Crippen LogP contribution in [0.2, 0.25) is 0 Å². The summed E-state index contributed by atoms with van der Waals surface area (Å²) in [6, 6.07) is 0. The Hall–Kier alpha value is -0.0900. The summed E-state index contributed by atoms with van der Waals surface area (Å²) in [5, 5.41) is -0.197. The van der Waals surface area contributed by atoms with Crippen molar-refractivity contribution in [3.05, 3.63) is 0 Å². The maximum absolute atomic E-state index is 11.2. The zero-order valence-corrected chi connectivity index (χ0v) is 6.47. The van der Waals surface area contributed by atoms with Crippen molar-refractivity contribution in [2.75, 3.05) is 12.3 Å². The van der Waals surface area contributed by atoms with Crippen molar-refractivity contribution in [3.8, 4) is 0 Å². The molecular formula is C6H11NO2S. The van der Waals surface area contributed by atoms with Gasteiger partial charge in [-0.25, -0.2) is 8.42 Å². The third-order valence-corrected chi connectivity index (χ3v) is 4.95. The number of fused-ring (bicyclic) bond motifs is 1. The molecule has 3 atom stereocenters. The normalized spacial score (nSPS) is 48.7. The van der Waals surface area contributed by atoms with Gasteiger partial charge in [0.2, 0.25) is 0 Å². The second kappa shape index (κ2) is 1.74. The zero-order chi connectivity index (χ0) is 7.35. The first-order chi connectivity index (χ1) is 4.65. The lowest BCUT2D eigenvalue weighted by Gasteiger charge is -2.07. The Morgan fingerprint density at radius 1 is 1.50 bits per heavy atom. The van der Waals surface area contributed by atoms with Crippen LogP contribution < -0.4 is 5.73 Å². The standard InChI is InChI=1S/C6H11NO2S/c7-2-6-5-1-4(5)3-10(6,8)9/h4-6H,1-3,7H2/t4-,5?,6?/m0/s1. The molecule has 0 amide bonds. The molecule has 2 rings (SSSR count). The lowest BCUT2D eigenvalue weighted by Crippen LogP contribution is -2.29. The van der Waals surface area contributed by atoms with Gasteiger partial charge in [0.05, 0.1) is 11.0 Å². The molecule has 0 aromatic carbocycles. The molecule has 2 fully saturated rings. The van der Waals surface area contributed by atoms with Gasteiger partial charge in [-0.05, 0) is 18.3 Å². The van der Waals surface area contributed by atoms with E-state index in [4.69, 9.17) is 5.73 Å². The molecule has 1 saturated heterocycles. The molecule has 58 valence electrons. The van der Waals surface area contributed by atoms with E-state index in [-0.39, 0.29) is 5.25 Å². The van der Waals surface area contributed by atoms with Crippen molar-refractivity contribution in [2.45, 2.75) is 11.7 Å². The van der Waals surface area contributed by atoms with Crippen LogP contribution in [0.25, 0.3) is 0 Å². The minimum absolute atomic E-state index is 0.197. The summed E-state index contributed by atoms with van der Waals surface area (Å²) in [7, 11) is -2.76. The summed E-state index contributed by atoms with van der Waals surface area (Å²) in [6.07, 6.45) is 1.10. The van der Waals surface area contributed by atoms with Gasteiger partial charge >= 0.3 is 0 Å². The Balaban J connectivity index is 2.29. The highest BCUT2D eigenvalue weighted by Gasteiger charge is 2.56. The van der Waals surface area contributed by atoms with Crippen LogP contribution >= 0.6 is 0 Å². The molecule has 3 nitrogen and oxygen atoms in total. The quantitative estimate of drug-likeness (QED) is 0.557. The molecule has 0 aromatic rings. The van der Waals surface area contributed by atoms with Crippen molar-refractivity contribution in [1.82, 2.24) is 0 Å². The predicted molar refractivity (Wildman–Crippen MR) is 38.2 cm³/mol. The topological polar surface area (TPSA) is 60.2 Å². The van der Waals surface area contributed by atoms with Gasteiger partial charge in [0.15, 0.2) is 9.84 Å². The van der Waals surface area contributed by atoms with Crippen LogP contribution in [-0.4, -0.2) is 26.0 Å². The van der Waals surface area contributed by atoms with Crippen LogP contribution in [0.1, 0.15) is 6.42 Å². The molecule has 1 aliphatic carbocycles. The minimum atomic E-state index is -2.76. The summed E-state index contributed by atoms with van der Waals surface area (Å²) in [6.45, 7) is 0.323. The number of rotatable bonds is 1. The van der Waals surface area contributed by atoms with Gasteiger partial charge in [-0.2, -0.15) is 0 Å². The molecule has 0 aromatic heterocycles. The average molecular weight is 161 g/mol. The third kappa shape index (κ3) is 0.720. The second-order valence-corrected chi connectivity index (χ2v) is 5.53. The summed E-state index contributed by atoms with van der Waals surface area (Å²) in [5.74, 6) is 1.30. The smallest absolute Gasteiger partial charge is 0.154 e. The molecule has 2 N–H and O–H groups in total. The lowest BCUT2D eigenvalue weighted by atomic mass is 10.2. The fraction of sp³-hybridized carbons (Fsp3) is 1.00. The number of hydrogen-bond acceptors (Lipinski definition) is 3. The fourth-order valence-electron chi connectivity index (χ4n) is 1.93. The van der Waals surface area contributed by atoms with E-state index in [1.807, 2.05) is 0 Å². The highest BCUT2D eigenvalue weighted by molar-refractivity contribution is 7.92. The SMILES string of the molecule is NCC1C2C[C@H]2CS1(=O)=O. The third-order valence-electron chi connectivity index (χ3n) is 2.59. The maximum Gasteiger partial charge on any atom is 0.154 e. The molecule has 0 spiro atoms. The molecule has 10 heavy (non-hydrogen) atoms. The number of hydrogen-bond donors (Lipinski definition) is 1. The second-order valence-electron chi connectivity index (χ2n) is 3.26. The molecule has 1 aliphatic heterocycles. The molecule has 1 heterocycles. The van der Waals surface area contributed by atoms with Gasteiger partial charge in [-0.1, -0.05) is 0 Å². The molecular weight excluding hydrogens is 150 g/mol. The summed E-state index contributed by atoms with van der Waals surface area (Å²) >= 11 is 0. The van der Waals surface area contributed by atoms with Gasteiger partial charge in [0.25, 0.3) is 0 Å². The largest absolute Gasteiger partial charge is 0.329 e. The molecule has 0 radical (unpaired) electrons. The predicted octanol–water partition coefficient (Wildman–Crippen LogP) is -0.622. The zero-order valence-electron chi connectivity index (χ0n) is 5.66. The minimum Gasteiger partial charge on any atom is -0.329 e. The van der Waals surface area contributed by atoms with Crippen molar-refractivity contribution < 1.29 is 8.42 Å². The molecule has 1 saturated carbocycles. The van der Waals surface area contributed by atoms with E-state index in [1.54, 1.807) is 0 Å². The van der Waals surface area contributed by atoms with Gasteiger partial charge < -0.3 is 5.73 Å². The van der Waals surface area contributed by atoms with E-state index >= 15 is 0 Å². The first-order valence-electron chi connectivity index (χ1n) is 3.57. The first-order valence-corrected chi connectivity index (χ1v) is 5.28. The Morgan fingerprint density at radius 3 is 2.50 bits per heavy atom. The Morgan fingerprint density at radius 2 is 2.20 bits per heavy atom. The Labute approximate surface area is 60.5 Å². The Bertz CT molecular complexity index is 246. The van der Waals surface area contributed by atoms with Crippen LogP contribution in [0.5, 0.6) is 0 Å². The van der Waals surface area contributed by atoms with E-state index < -0.39 is 9.84 Å². The maximum atomic E-state index is 11.2. The van der Waals surface area contributed by atoms with Crippen molar-refractivity contribution in [2.24, 2.45) is 17.6 Å². The lowest BCUT2D eigenvalue weighted by molar-refractivity contribution is 0.580. The number of sulfone groups is 1. The molecule has 4 heteroatoms. The van der Waals surface area contributed by atoms with E-state index in [0.717, 1.165) is 6.42 Å². The van der Waals surface area contributed by atoms with E-state index in [0.29, 0.717) is 24.1 Å². The first kappa shape index (κ1) is 6.61. The van der Waals surface area contributed by atoms with E-state index in [9.17, 15) is 8.42 Å². The fourth-order valence-corrected chi connectivity index (χ4v) is 4.31. The summed E-state index contributed by atoms with van der Waals surface area (Å²) in [5.41, 5.74) is 5.35. The van der Waals surface area contributed by atoms with Crippen LogP contribution in [0.15, 0.2) is 0 Å². The summed E-state index contributed by atoms with van der Waals surface area (Å²) in [4.78, 5) is 0. The Kier molecular flexibility index (Phi) is 1.15. The van der Waals surface area contributed by atoms with Gasteiger partial charge in [-0.15, -0.1) is 0 Å². The van der Waals surface area contributed by atoms with Gasteiger partial charge in [-0.3, -0.25) is 0 Å². The molecule has 0 bridgehead atoms. The van der Waals surface area contributed by atoms with Crippen molar-refractivity contribution in [1.29, 1.82) is 0 Å². The summed E-state index contributed by atoms with van der Waals surface area (Å²) < 4.78 is 22.3. The number of nitrogens with two attached hydrogens (primary N) is 1. The van der Waals surface area contributed by atoms with Crippen LogP contribution in [0.3, 0.4) is 0 Å². The highest BCUT2D eigenvalue weighted by atomic mass is 32.2. The van der Waals surface area contributed by atoms with Gasteiger partial charge in [0.1, 0.15) is 0 Å². The average Bonchev–Trinajstić information content (AvgIpc) is 2.43. The van der Waals surface area contributed by atoms with Crippen LogP contribution in [0.4, 0.5) is 0 Å². The van der Waals surface area contributed by atoms with Crippen molar-refractivity contribution in [3.63, 3.8) is 0 Å². The highest BCUT2D eigenvalue weighted by Crippen LogP contribution is 2.50. The van der Waals surface area contributed by atoms with Crippen LogP contribution in [-0.2, 0) is 9.84 Å².